The van der Waals surface area contributed by atoms with Crippen LogP contribution in [0.5, 0.6) is 0 Å². The van der Waals surface area contributed by atoms with Gasteiger partial charge in [0.1, 0.15) is 47.4 Å². The average molecular weight is 515 g/mol. The molecule has 168 valence electrons. The fraction of sp³-hybridized carbons (Fsp3) is 0.389. The van der Waals surface area contributed by atoms with Gasteiger partial charge < -0.3 is 24.5 Å². The van der Waals surface area contributed by atoms with E-state index < -0.39 is 36.4 Å². The lowest BCUT2D eigenvalue weighted by molar-refractivity contribution is -0.186. The van der Waals surface area contributed by atoms with Gasteiger partial charge in [-0.2, -0.15) is 0 Å². The molecule has 1 fully saturated rings. The van der Waals surface area contributed by atoms with Crippen LogP contribution in [0.1, 0.15) is 6.04 Å². The lowest BCUT2D eigenvalue weighted by atomic mass is 9.97. The Hall–Kier alpha value is -1.82. The lowest BCUT2D eigenvalue weighted by Crippen LogP contribution is -2.55. The van der Waals surface area contributed by atoms with Crippen LogP contribution in [0.3, 0.4) is 0 Å². The number of aliphatic hydroxyl groups is 2. The van der Waals surface area contributed by atoms with Crippen LogP contribution in [0, 0.1) is 6.57 Å². The van der Waals surface area contributed by atoms with Gasteiger partial charge in [0.05, 0.1) is 17.8 Å². The summed E-state index contributed by atoms with van der Waals surface area (Å²) in [5.74, 6) is 0.157. The molecule has 3 aromatic rings. The third kappa shape index (κ3) is 4.61. The van der Waals surface area contributed by atoms with Crippen molar-refractivity contribution in [1.82, 2.24) is 25.0 Å². The molecule has 2 unspecified atom stereocenters. The van der Waals surface area contributed by atoms with Crippen molar-refractivity contribution in [2.75, 3.05) is 13.7 Å². The molecule has 1 aliphatic heterocycles. The molecule has 10 nitrogen and oxygen atoms in total. The van der Waals surface area contributed by atoms with E-state index in [4.69, 9.17) is 39.2 Å². The molecule has 4 heterocycles. The first kappa shape index (κ1) is 23.3. The number of aliphatic hydroxyl groups excluding tert-OH is 2. The first-order valence-corrected chi connectivity index (χ1v) is 11.7. The highest BCUT2D eigenvalue weighted by molar-refractivity contribution is 8.00. The number of thiazole rings is 1. The standard InChI is InChI=1S/C18H16Cl2N6O4S2/c1-21-16-12(3-8(19)4-22-16)32-17-15(29-2)13(14(28)11(6-27)30-17)26-5-9(24-25-26)10-7-31-18(20)23-10/h3-5,7,11,13-15,17,27-28H,6H2,2H3/t11?,13-,14-,15?,17+/m0/s1. The Labute approximate surface area is 200 Å². The van der Waals surface area contributed by atoms with Gasteiger partial charge in [-0.15, -0.1) is 33.2 Å². The molecular formula is C18H16Cl2N6O4S2. The van der Waals surface area contributed by atoms with Gasteiger partial charge in [0.2, 0.25) is 0 Å². The third-order valence-corrected chi connectivity index (χ3v) is 7.15. The molecule has 0 saturated carbocycles. The van der Waals surface area contributed by atoms with E-state index in [0.29, 0.717) is 25.8 Å². The number of rotatable bonds is 6. The summed E-state index contributed by atoms with van der Waals surface area (Å²) >= 11 is 14.4. The zero-order chi connectivity index (χ0) is 22.8. The minimum atomic E-state index is -1.15. The predicted molar refractivity (Wildman–Crippen MR) is 119 cm³/mol. The summed E-state index contributed by atoms with van der Waals surface area (Å²) in [6.45, 7) is 6.92. The van der Waals surface area contributed by atoms with Gasteiger partial charge >= 0.3 is 0 Å². The van der Waals surface area contributed by atoms with Crippen LogP contribution in [0.25, 0.3) is 16.2 Å². The number of hydrogen-bond donors (Lipinski definition) is 2. The summed E-state index contributed by atoms with van der Waals surface area (Å²) in [5.41, 5.74) is 0.312. The van der Waals surface area contributed by atoms with E-state index in [-0.39, 0.29) is 5.82 Å². The van der Waals surface area contributed by atoms with Crippen LogP contribution in [-0.4, -0.2) is 72.6 Å². The summed E-state index contributed by atoms with van der Waals surface area (Å²) in [4.78, 5) is 12.1. The van der Waals surface area contributed by atoms with Crippen molar-refractivity contribution in [3.05, 3.63) is 44.7 Å². The first-order valence-electron chi connectivity index (χ1n) is 9.15. The Balaban J connectivity index is 1.68. The van der Waals surface area contributed by atoms with Crippen molar-refractivity contribution in [1.29, 1.82) is 0 Å². The van der Waals surface area contributed by atoms with E-state index in [2.05, 4.69) is 25.1 Å². The van der Waals surface area contributed by atoms with E-state index in [1.54, 1.807) is 17.6 Å². The van der Waals surface area contributed by atoms with Crippen LogP contribution in [0.15, 0.2) is 28.7 Å². The molecule has 32 heavy (non-hydrogen) atoms. The zero-order valence-electron chi connectivity index (χ0n) is 16.4. The molecule has 0 aromatic carbocycles. The Morgan fingerprint density at radius 2 is 2.22 bits per heavy atom. The number of hydrogen-bond acceptors (Lipinski definition) is 10. The highest BCUT2D eigenvalue weighted by atomic mass is 35.5. The number of methoxy groups -OCH3 is 1. The van der Waals surface area contributed by atoms with Crippen molar-refractivity contribution < 1.29 is 19.7 Å². The molecule has 0 amide bonds. The molecule has 3 aromatic heterocycles. The predicted octanol–water partition coefficient (Wildman–Crippen LogP) is 3.08. The Bertz CT molecular complexity index is 1140. The third-order valence-electron chi connectivity index (χ3n) is 4.80. The molecule has 0 radical (unpaired) electrons. The normalized spacial score (nSPS) is 25.6. The van der Waals surface area contributed by atoms with E-state index in [1.165, 1.54) is 41.1 Å². The summed E-state index contributed by atoms with van der Waals surface area (Å²) < 4.78 is 13.4. The zero-order valence-corrected chi connectivity index (χ0v) is 19.5. The summed E-state index contributed by atoms with van der Waals surface area (Å²) in [6.07, 6.45) is 0.225. The summed E-state index contributed by atoms with van der Waals surface area (Å²) in [6, 6.07) is 0.859. The molecule has 2 N–H and O–H groups in total. The Morgan fingerprint density at radius 1 is 1.41 bits per heavy atom. The van der Waals surface area contributed by atoms with Gasteiger partial charge in [0.25, 0.3) is 5.82 Å². The fourth-order valence-corrected chi connectivity index (χ4v) is 5.56. The maximum Gasteiger partial charge on any atom is 0.283 e. The SMILES string of the molecule is [C-]#[N+]c1ncc(Cl)cc1S[C@H]1OC(CO)[C@H](O)[C@H](n2cc(-c3csc(Cl)n3)nn2)C1OC. The molecule has 0 spiro atoms. The minimum Gasteiger partial charge on any atom is -0.394 e. The average Bonchev–Trinajstić information content (AvgIpc) is 3.43. The van der Waals surface area contributed by atoms with Crippen LogP contribution >= 0.6 is 46.3 Å². The number of ether oxygens (including phenoxy) is 2. The summed E-state index contributed by atoms with van der Waals surface area (Å²) in [5, 5.41) is 31.1. The molecule has 14 heteroatoms. The Kier molecular flexibility index (Phi) is 7.28. The number of pyridine rings is 1. The van der Waals surface area contributed by atoms with Gasteiger partial charge in [-0.1, -0.05) is 35.0 Å². The number of halogens is 2. The molecular weight excluding hydrogens is 499 g/mol. The second-order valence-electron chi connectivity index (χ2n) is 6.68. The van der Waals surface area contributed by atoms with E-state index in [1.807, 2.05) is 0 Å². The number of thioether (sulfide) groups is 1. The fourth-order valence-electron chi connectivity index (χ4n) is 3.33. The molecule has 5 atom stereocenters. The Morgan fingerprint density at radius 3 is 2.88 bits per heavy atom. The molecule has 1 saturated heterocycles. The van der Waals surface area contributed by atoms with Crippen LogP contribution < -0.4 is 0 Å². The topological polar surface area (TPSA) is 120 Å². The van der Waals surface area contributed by atoms with E-state index >= 15 is 0 Å². The van der Waals surface area contributed by atoms with Crippen LogP contribution in [0.4, 0.5) is 5.82 Å². The van der Waals surface area contributed by atoms with Gasteiger partial charge in [0, 0.05) is 17.4 Å². The van der Waals surface area contributed by atoms with Crippen molar-refractivity contribution in [2.45, 2.75) is 34.7 Å². The molecule has 0 aliphatic carbocycles. The monoisotopic (exact) mass is 514 g/mol. The van der Waals surface area contributed by atoms with Crippen molar-refractivity contribution in [3.8, 4) is 11.4 Å². The number of nitrogens with zero attached hydrogens (tertiary/aromatic N) is 6. The van der Waals surface area contributed by atoms with Gasteiger partial charge in [-0.25, -0.2) is 9.67 Å². The highest BCUT2D eigenvalue weighted by Gasteiger charge is 2.47. The molecule has 4 rings (SSSR count). The quantitative estimate of drug-likeness (QED) is 0.478. The van der Waals surface area contributed by atoms with Crippen molar-refractivity contribution in [3.63, 3.8) is 0 Å². The smallest absolute Gasteiger partial charge is 0.283 e. The van der Waals surface area contributed by atoms with E-state index in [0.717, 1.165) is 0 Å². The number of aromatic nitrogens is 5. The first-order chi connectivity index (χ1) is 15.4. The largest absolute Gasteiger partial charge is 0.394 e. The summed E-state index contributed by atoms with van der Waals surface area (Å²) in [7, 11) is 1.48. The van der Waals surface area contributed by atoms with Gasteiger partial charge in [0.15, 0.2) is 4.47 Å². The van der Waals surface area contributed by atoms with Crippen LogP contribution in [-0.2, 0) is 9.47 Å². The van der Waals surface area contributed by atoms with Gasteiger partial charge in [-0.05, 0) is 6.07 Å². The second-order valence-corrected chi connectivity index (χ2v) is 9.70. The lowest BCUT2D eigenvalue weighted by Gasteiger charge is -2.43. The maximum absolute atomic E-state index is 10.9. The molecule has 0 bridgehead atoms. The highest BCUT2D eigenvalue weighted by Crippen LogP contribution is 2.42. The van der Waals surface area contributed by atoms with Crippen LogP contribution in [0.2, 0.25) is 9.49 Å². The van der Waals surface area contributed by atoms with Crippen molar-refractivity contribution in [2.24, 2.45) is 0 Å². The maximum atomic E-state index is 10.9. The van der Waals surface area contributed by atoms with E-state index in [9.17, 15) is 10.2 Å². The van der Waals surface area contributed by atoms with Gasteiger partial charge in [-0.3, -0.25) is 0 Å². The second kappa shape index (κ2) is 9.98. The van der Waals surface area contributed by atoms with Crippen molar-refractivity contribution >= 4 is 52.1 Å². The minimum absolute atomic E-state index is 0.157. The molecule has 1 aliphatic rings.